The van der Waals surface area contributed by atoms with Crippen molar-refractivity contribution in [2.24, 2.45) is 5.73 Å². The number of ether oxygens (including phenoxy) is 2. The number of nitriles is 1. The highest BCUT2D eigenvalue weighted by molar-refractivity contribution is 5.86. The van der Waals surface area contributed by atoms with Crippen LogP contribution in [-0.2, 0) is 6.54 Å². The maximum absolute atomic E-state index is 13.1. The molecule has 0 bridgehead atoms. The zero-order valence-corrected chi connectivity index (χ0v) is 17.3. The van der Waals surface area contributed by atoms with Crippen LogP contribution in [0.2, 0.25) is 0 Å². The van der Waals surface area contributed by atoms with Crippen LogP contribution in [0.4, 0.5) is 4.39 Å². The van der Waals surface area contributed by atoms with Crippen LogP contribution in [0.5, 0.6) is 11.6 Å². The van der Waals surface area contributed by atoms with E-state index in [0.717, 1.165) is 27.7 Å². The third kappa shape index (κ3) is 3.24. The first kappa shape index (κ1) is 19.7. The fourth-order valence-electron chi connectivity index (χ4n) is 4.19. The van der Waals surface area contributed by atoms with Gasteiger partial charge >= 0.3 is 0 Å². The highest BCUT2D eigenvalue weighted by Gasteiger charge is 2.35. The molecule has 8 heteroatoms. The van der Waals surface area contributed by atoms with Crippen molar-refractivity contribution in [1.29, 1.82) is 5.26 Å². The Bertz CT molecular complexity index is 1380. The molecule has 1 unspecified atom stereocenters. The minimum Gasteiger partial charge on any atom is -0.492 e. The van der Waals surface area contributed by atoms with Crippen molar-refractivity contribution >= 4 is 10.9 Å². The molecular formula is C24H20FN5O2. The smallest absolute Gasteiger partial charge is 0.244 e. The minimum atomic E-state index is -0.397. The summed E-state index contributed by atoms with van der Waals surface area (Å²) in [5.74, 6) is 0.359. The number of nitrogens with one attached hydrogen (secondary N) is 1. The molecule has 0 saturated carbocycles. The van der Waals surface area contributed by atoms with Crippen molar-refractivity contribution in [1.82, 2.24) is 14.8 Å². The van der Waals surface area contributed by atoms with Crippen LogP contribution in [0.15, 0.2) is 66.2 Å². The maximum Gasteiger partial charge on any atom is 0.244 e. The topological polar surface area (TPSA) is 102 Å². The Labute approximate surface area is 183 Å². The van der Waals surface area contributed by atoms with Gasteiger partial charge < -0.3 is 19.8 Å². The van der Waals surface area contributed by atoms with Gasteiger partial charge in [0.15, 0.2) is 0 Å². The Kier molecular flexibility index (Phi) is 4.79. The monoisotopic (exact) mass is 429 g/mol. The number of nitrogens with zero attached hydrogens (tertiary/aromatic N) is 3. The molecule has 0 aliphatic carbocycles. The average molecular weight is 429 g/mol. The third-order valence-electron chi connectivity index (χ3n) is 5.67. The highest BCUT2D eigenvalue weighted by atomic mass is 19.1. The molecule has 7 nitrogen and oxygen atoms in total. The standard InChI is InChI=1S/C24H20FN5O2/c1-14-21-22(18(12-26)23(27)32-24(21)29-28-14)19-13-30(20-5-3-2-4-17(19)20)10-11-31-16-8-6-15(25)7-9-16/h2-9,13,22H,10-11,27H2,1H3,(H,28,29). The largest absolute Gasteiger partial charge is 0.492 e. The number of benzene rings is 2. The second-order valence-corrected chi connectivity index (χ2v) is 7.59. The summed E-state index contributed by atoms with van der Waals surface area (Å²) in [4.78, 5) is 0. The van der Waals surface area contributed by atoms with Crippen LogP contribution in [-0.4, -0.2) is 21.4 Å². The number of H-pyrrole nitrogens is 1. The molecule has 1 atom stereocenters. The molecule has 2 aromatic heterocycles. The van der Waals surface area contributed by atoms with Crippen LogP contribution in [0.3, 0.4) is 0 Å². The lowest BCUT2D eigenvalue weighted by Gasteiger charge is -2.23. The molecule has 2 aromatic carbocycles. The van der Waals surface area contributed by atoms with Gasteiger partial charge in [0.2, 0.25) is 11.8 Å². The number of aromatic nitrogens is 3. The van der Waals surface area contributed by atoms with Gasteiger partial charge in [-0.3, -0.25) is 5.10 Å². The first-order chi connectivity index (χ1) is 15.6. The lowest BCUT2D eigenvalue weighted by Crippen LogP contribution is -2.21. The summed E-state index contributed by atoms with van der Waals surface area (Å²) in [5, 5.41) is 18.0. The van der Waals surface area contributed by atoms with Gasteiger partial charge in [-0.05, 0) is 42.8 Å². The Balaban J connectivity index is 1.53. The molecule has 160 valence electrons. The van der Waals surface area contributed by atoms with Crippen LogP contribution >= 0.6 is 0 Å². The summed E-state index contributed by atoms with van der Waals surface area (Å²) in [6, 6.07) is 16.2. The molecule has 3 N–H and O–H groups in total. The maximum atomic E-state index is 13.1. The van der Waals surface area contributed by atoms with Crippen LogP contribution < -0.4 is 15.2 Å². The predicted molar refractivity (Wildman–Crippen MR) is 116 cm³/mol. The molecule has 0 radical (unpaired) electrons. The normalized spacial score (nSPS) is 15.3. The first-order valence-electron chi connectivity index (χ1n) is 10.2. The van der Waals surface area contributed by atoms with E-state index in [0.29, 0.717) is 30.4 Å². The zero-order chi connectivity index (χ0) is 22.2. The van der Waals surface area contributed by atoms with Gasteiger partial charge in [-0.1, -0.05) is 18.2 Å². The molecule has 4 aromatic rings. The van der Waals surface area contributed by atoms with E-state index in [9.17, 15) is 9.65 Å². The van der Waals surface area contributed by atoms with E-state index in [1.54, 1.807) is 12.1 Å². The van der Waals surface area contributed by atoms with Crippen LogP contribution in [0.1, 0.15) is 22.7 Å². The summed E-state index contributed by atoms with van der Waals surface area (Å²) in [5.41, 5.74) is 10.0. The van der Waals surface area contributed by atoms with Gasteiger partial charge in [-0.15, -0.1) is 5.10 Å². The number of rotatable bonds is 5. The van der Waals surface area contributed by atoms with E-state index >= 15 is 0 Å². The molecule has 32 heavy (non-hydrogen) atoms. The second-order valence-electron chi connectivity index (χ2n) is 7.59. The minimum absolute atomic E-state index is 0.0629. The summed E-state index contributed by atoms with van der Waals surface area (Å²) in [6.07, 6.45) is 2.02. The van der Waals surface area contributed by atoms with E-state index in [-0.39, 0.29) is 11.7 Å². The van der Waals surface area contributed by atoms with Crippen molar-refractivity contribution < 1.29 is 13.9 Å². The number of halogens is 1. The number of nitrogens with two attached hydrogens (primary N) is 1. The van der Waals surface area contributed by atoms with Gasteiger partial charge in [0.25, 0.3) is 0 Å². The molecule has 0 amide bonds. The lowest BCUT2D eigenvalue weighted by molar-refractivity contribution is 0.300. The number of para-hydroxylation sites is 1. The first-order valence-corrected chi connectivity index (χ1v) is 10.2. The van der Waals surface area contributed by atoms with Crippen LogP contribution in [0.25, 0.3) is 10.9 Å². The molecule has 0 fully saturated rings. The zero-order valence-electron chi connectivity index (χ0n) is 17.3. The van der Waals surface area contributed by atoms with E-state index in [4.69, 9.17) is 15.2 Å². The summed E-state index contributed by atoms with van der Waals surface area (Å²) in [6.45, 7) is 2.87. The van der Waals surface area contributed by atoms with Crippen molar-refractivity contribution in [3.8, 4) is 17.7 Å². The number of fused-ring (bicyclic) bond motifs is 2. The number of hydrogen-bond donors (Lipinski definition) is 2. The summed E-state index contributed by atoms with van der Waals surface area (Å²) in [7, 11) is 0. The number of allylic oxidation sites excluding steroid dienone is 1. The number of aromatic amines is 1. The Morgan fingerprint density at radius 2 is 2.03 bits per heavy atom. The van der Waals surface area contributed by atoms with E-state index in [2.05, 4.69) is 20.8 Å². The number of hydrogen-bond acceptors (Lipinski definition) is 5. The van der Waals surface area contributed by atoms with E-state index in [1.807, 2.05) is 37.4 Å². The fraction of sp³-hybridized carbons (Fsp3) is 0.167. The summed E-state index contributed by atoms with van der Waals surface area (Å²) >= 11 is 0. The van der Waals surface area contributed by atoms with Crippen molar-refractivity contribution in [3.05, 3.63) is 88.8 Å². The molecule has 3 heterocycles. The molecule has 5 rings (SSSR count). The molecule has 0 spiro atoms. The average Bonchev–Trinajstić information content (AvgIpc) is 3.35. The quantitative estimate of drug-likeness (QED) is 0.497. The Morgan fingerprint density at radius 3 is 2.81 bits per heavy atom. The van der Waals surface area contributed by atoms with E-state index < -0.39 is 5.92 Å². The molecular weight excluding hydrogens is 409 g/mol. The number of aryl methyl sites for hydroxylation is 1. The van der Waals surface area contributed by atoms with Gasteiger partial charge in [-0.2, -0.15) is 5.26 Å². The highest BCUT2D eigenvalue weighted by Crippen LogP contribution is 2.45. The van der Waals surface area contributed by atoms with Crippen molar-refractivity contribution in [3.63, 3.8) is 0 Å². The summed E-state index contributed by atoms with van der Waals surface area (Å²) < 4.78 is 26.6. The SMILES string of the molecule is Cc1[nH]nc2c1C(c1cn(CCOc3ccc(F)cc3)c3ccccc13)C(C#N)=C(N)O2. The fourth-order valence-corrected chi connectivity index (χ4v) is 4.19. The lowest BCUT2D eigenvalue weighted by atomic mass is 9.84. The van der Waals surface area contributed by atoms with Crippen molar-refractivity contribution in [2.45, 2.75) is 19.4 Å². The molecule has 1 aliphatic heterocycles. The van der Waals surface area contributed by atoms with Gasteiger partial charge in [0.1, 0.15) is 29.8 Å². The second kappa shape index (κ2) is 7.78. The molecule has 0 saturated heterocycles. The van der Waals surface area contributed by atoms with E-state index in [1.165, 1.54) is 12.1 Å². The van der Waals surface area contributed by atoms with Gasteiger partial charge in [0.05, 0.1) is 12.5 Å². The molecule has 1 aliphatic rings. The van der Waals surface area contributed by atoms with Crippen molar-refractivity contribution in [2.75, 3.05) is 6.61 Å². The Morgan fingerprint density at radius 1 is 1.25 bits per heavy atom. The predicted octanol–water partition coefficient (Wildman–Crippen LogP) is 4.11. The third-order valence-corrected chi connectivity index (χ3v) is 5.67. The van der Waals surface area contributed by atoms with Crippen LogP contribution in [0, 0.1) is 24.1 Å². The Hall–Kier alpha value is -4.25. The van der Waals surface area contributed by atoms with Gasteiger partial charge in [0, 0.05) is 28.4 Å². The van der Waals surface area contributed by atoms with Gasteiger partial charge in [-0.25, -0.2) is 4.39 Å².